The van der Waals surface area contributed by atoms with E-state index in [0.29, 0.717) is 0 Å². The van der Waals surface area contributed by atoms with Gasteiger partial charge in [0.1, 0.15) is 0 Å². The van der Waals surface area contributed by atoms with Crippen LogP contribution < -0.4 is 0 Å². The van der Waals surface area contributed by atoms with Gasteiger partial charge in [0.15, 0.2) is 5.82 Å². The molecule has 0 N–H and O–H groups in total. The molecule has 0 aliphatic carbocycles. The van der Waals surface area contributed by atoms with Crippen LogP contribution in [0.5, 0.6) is 0 Å². The van der Waals surface area contributed by atoms with Gasteiger partial charge in [-0.05, 0) is 43.5 Å². The van der Waals surface area contributed by atoms with Gasteiger partial charge in [-0.15, -0.1) is 41.0 Å². The van der Waals surface area contributed by atoms with Gasteiger partial charge < -0.3 is 4.57 Å². The molecule has 4 aromatic rings. The van der Waals surface area contributed by atoms with Crippen LogP contribution in [0, 0.1) is 26.8 Å². The molecule has 0 fully saturated rings. The number of aromatic nitrogens is 3. The zero-order valence-corrected chi connectivity index (χ0v) is 17.9. The number of aryl methyl sites for hydroxylation is 3. The Morgan fingerprint density at radius 1 is 0.704 bits per heavy atom. The van der Waals surface area contributed by atoms with Crippen LogP contribution in [0.3, 0.4) is 0 Å². The average Bonchev–Trinajstić information content (AvgIpc) is 3.07. The van der Waals surface area contributed by atoms with Crippen molar-refractivity contribution in [2.45, 2.75) is 20.8 Å². The van der Waals surface area contributed by atoms with E-state index in [1.54, 1.807) is 0 Å². The molecule has 0 saturated heterocycles. The summed E-state index contributed by atoms with van der Waals surface area (Å²) in [4.78, 5) is 0. The Kier molecular flexibility index (Phi) is 5.69. The number of para-hydroxylation sites is 1. The van der Waals surface area contributed by atoms with Crippen LogP contribution in [0.4, 0.5) is 0 Å². The summed E-state index contributed by atoms with van der Waals surface area (Å²) < 4.78 is 2.15. The molecule has 0 saturated carbocycles. The van der Waals surface area contributed by atoms with E-state index in [0.717, 1.165) is 28.5 Å². The van der Waals surface area contributed by atoms with Crippen molar-refractivity contribution in [3.63, 3.8) is 0 Å². The van der Waals surface area contributed by atoms with Gasteiger partial charge in [0, 0.05) is 31.4 Å². The summed E-state index contributed by atoms with van der Waals surface area (Å²) in [6, 6.07) is 25.8. The minimum Gasteiger partial charge on any atom is -0.316 e. The maximum absolute atomic E-state index is 4.59. The van der Waals surface area contributed by atoms with Crippen molar-refractivity contribution < 1.29 is 20.1 Å². The van der Waals surface area contributed by atoms with Crippen LogP contribution in [0.25, 0.3) is 28.5 Å². The Morgan fingerprint density at radius 2 is 1.33 bits per heavy atom. The Hall–Kier alpha value is -2.55. The molecule has 0 aliphatic heterocycles. The summed E-state index contributed by atoms with van der Waals surface area (Å²) in [5, 5.41) is 9.14. The van der Waals surface area contributed by atoms with E-state index in [-0.39, 0.29) is 20.1 Å². The van der Waals surface area contributed by atoms with Crippen molar-refractivity contribution in [3.8, 4) is 28.5 Å². The third kappa shape index (κ3) is 3.51. The molecular weight excluding hydrogens is 510 g/mol. The second-order valence-corrected chi connectivity index (χ2v) is 6.51. The molecule has 0 spiro atoms. The summed E-state index contributed by atoms with van der Waals surface area (Å²) in [6.07, 6.45) is 0. The molecule has 1 radical (unpaired) electrons. The van der Waals surface area contributed by atoms with E-state index in [1.165, 1.54) is 16.7 Å². The molecule has 1 aromatic heterocycles. The Balaban J connectivity index is 0.00000210. The molecular formula is C23H20IrN3-. The minimum atomic E-state index is 0. The molecule has 0 unspecified atom stereocenters. The van der Waals surface area contributed by atoms with Crippen LogP contribution in [-0.2, 0) is 20.1 Å². The first-order chi connectivity index (χ1) is 12.7. The largest absolute Gasteiger partial charge is 0.316 e. The van der Waals surface area contributed by atoms with Gasteiger partial charge in [-0.1, -0.05) is 36.4 Å². The number of hydrogen-bond donors (Lipinski definition) is 0. The van der Waals surface area contributed by atoms with Crippen molar-refractivity contribution >= 4 is 0 Å². The Bertz CT molecular complexity index is 1050. The summed E-state index contributed by atoms with van der Waals surface area (Å²) in [6.45, 7) is 6.35. The van der Waals surface area contributed by atoms with Crippen LogP contribution in [0.15, 0.2) is 66.7 Å². The molecule has 0 aliphatic rings. The predicted octanol–water partition coefficient (Wildman–Crippen LogP) is 5.32. The van der Waals surface area contributed by atoms with E-state index in [4.69, 9.17) is 0 Å². The zero-order chi connectivity index (χ0) is 18.1. The number of rotatable bonds is 3. The first-order valence-electron chi connectivity index (χ1n) is 8.72. The van der Waals surface area contributed by atoms with Gasteiger partial charge in [0.2, 0.25) is 0 Å². The molecule has 27 heavy (non-hydrogen) atoms. The molecule has 137 valence electrons. The minimum absolute atomic E-state index is 0. The Labute approximate surface area is 173 Å². The van der Waals surface area contributed by atoms with Crippen molar-refractivity contribution in [1.29, 1.82) is 0 Å². The molecule has 3 nitrogen and oxygen atoms in total. The van der Waals surface area contributed by atoms with E-state index in [9.17, 15) is 0 Å². The molecule has 4 rings (SSSR count). The fourth-order valence-corrected chi connectivity index (χ4v) is 3.36. The van der Waals surface area contributed by atoms with Crippen LogP contribution in [0.1, 0.15) is 16.7 Å². The SMILES string of the molecule is Cc1ccccc1-n1c(-c2[c-]cccc2)nnc1-c1c(C)cccc1C.[Ir]. The second kappa shape index (κ2) is 7.99. The standard InChI is InChI=1S/C23H20N3.Ir/c1-16-10-7-8-15-20(16)26-22(19-13-5-4-6-14-19)24-25-23(26)21-17(2)11-9-12-18(21)3;/h4-13,15H,1-3H3;/q-1;. The van der Waals surface area contributed by atoms with E-state index >= 15 is 0 Å². The van der Waals surface area contributed by atoms with Crippen molar-refractivity contribution in [2.75, 3.05) is 0 Å². The number of hydrogen-bond acceptors (Lipinski definition) is 2. The predicted molar refractivity (Wildman–Crippen MR) is 105 cm³/mol. The van der Waals surface area contributed by atoms with Gasteiger partial charge in [-0.2, -0.15) is 5.10 Å². The summed E-state index contributed by atoms with van der Waals surface area (Å²) >= 11 is 0. The van der Waals surface area contributed by atoms with Crippen molar-refractivity contribution in [3.05, 3.63) is 89.5 Å². The van der Waals surface area contributed by atoms with Crippen molar-refractivity contribution in [2.24, 2.45) is 0 Å². The van der Waals surface area contributed by atoms with Gasteiger partial charge in [0.25, 0.3) is 0 Å². The Morgan fingerprint density at radius 3 is 2.00 bits per heavy atom. The van der Waals surface area contributed by atoms with Crippen LogP contribution in [0.2, 0.25) is 0 Å². The molecule has 0 bridgehead atoms. The third-order valence-electron chi connectivity index (χ3n) is 4.67. The fraction of sp³-hybridized carbons (Fsp3) is 0.130. The molecule has 4 heteroatoms. The molecule has 0 atom stereocenters. The summed E-state index contributed by atoms with van der Waals surface area (Å²) in [5.41, 5.74) is 6.71. The fourth-order valence-electron chi connectivity index (χ4n) is 3.36. The first kappa shape index (κ1) is 19.2. The second-order valence-electron chi connectivity index (χ2n) is 6.51. The quantitative estimate of drug-likeness (QED) is 0.336. The summed E-state index contributed by atoms with van der Waals surface area (Å²) in [5.74, 6) is 1.67. The van der Waals surface area contributed by atoms with Crippen LogP contribution >= 0.6 is 0 Å². The molecule has 3 aromatic carbocycles. The van der Waals surface area contributed by atoms with Gasteiger partial charge in [-0.3, -0.25) is 0 Å². The number of benzene rings is 3. The molecule has 0 amide bonds. The normalized spacial score (nSPS) is 10.5. The monoisotopic (exact) mass is 531 g/mol. The summed E-state index contributed by atoms with van der Waals surface area (Å²) in [7, 11) is 0. The van der Waals surface area contributed by atoms with E-state index in [1.807, 2.05) is 24.3 Å². The average molecular weight is 531 g/mol. The maximum atomic E-state index is 4.59. The zero-order valence-electron chi connectivity index (χ0n) is 15.5. The van der Waals surface area contributed by atoms with E-state index < -0.39 is 0 Å². The topological polar surface area (TPSA) is 30.7 Å². The smallest absolute Gasteiger partial charge is 0.159 e. The third-order valence-corrected chi connectivity index (χ3v) is 4.67. The van der Waals surface area contributed by atoms with Crippen molar-refractivity contribution in [1.82, 2.24) is 14.8 Å². The first-order valence-corrected chi connectivity index (χ1v) is 8.72. The maximum Gasteiger partial charge on any atom is 0.159 e. The van der Waals surface area contributed by atoms with Gasteiger partial charge in [0.05, 0.1) is 5.82 Å². The number of nitrogens with zero attached hydrogens (tertiary/aromatic N) is 3. The van der Waals surface area contributed by atoms with Crippen LogP contribution in [-0.4, -0.2) is 14.8 Å². The van der Waals surface area contributed by atoms with Gasteiger partial charge >= 0.3 is 0 Å². The van der Waals surface area contributed by atoms with Gasteiger partial charge in [-0.25, -0.2) is 0 Å². The molecule has 1 heterocycles. The van der Waals surface area contributed by atoms with E-state index in [2.05, 4.69) is 84.1 Å².